The summed E-state index contributed by atoms with van der Waals surface area (Å²) in [6, 6.07) is 11.3. The van der Waals surface area contributed by atoms with Crippen molar-refractivity contribution in [3.63, 3.8) is 0 Å². The molecule has 2 aromatic rings. The molecule has 0 saturated heterocycles. The minimum atomic E-state index is -0.690. The van der Waals surface area contributed by atoms with Gasteiger partial charge in [0.05, 0.1) is 6.42 Å². The molecule has 29 heavy (non-hydrogen) atoms. The summed E-state index contributed by atoms with van der Waals surface area (Å²) in [5, 5.41) is 3.08. The third-order valence-electron chi connectivity index (χ3n) is 4.99. The Morgan fingerprint density at radius 3 is 2.55 bits per heavy atom. The molecule has 0 bridgehead atoms. The highest BCUT2D eigenvalue weighted by molar-refractivity contribution is 6.31. The molecule has 1 atom stereocenters. The van der Waals surface area contributed by atoms with Gasteiger partial charge in [0, 0.05) is 23.7 Å². The van der Waals surface area contributed by atoms with Crippen LogP contribution >= 0.6 is 11.6 Å². The second-order valence-electron chi connectivity index (χ2n) is 7.15. The van der Waals surface area contributed by atoms with Crippen LogP contribution in [0, 0.1) is 12.7 Å². The molecular weight excluding hydrogens is 391 g/mol. The van der Waals surface area contributed by atoms with E-state index in [1.165, 1.54) is 17.0 Å². The second kappa shape index (κ2) is 11.0. The lowest BCUT2D eigenvalue weighted by atomic mass is 10.1. The average Bonchev–Trinajstić information content (AvgIpc) is 2.69. The Labute approximate surface area is 177 Å². The molecule has 1 N–H and O–H groups in total. The molecule has 0 saturated carbocycles. The van der Waals surface area contributed by atoms with E-state index in [2.05, 4.69) is 5.32 Å². The van der Waals surface area contributed by atoms with E-state index in [1.807, 2.05) is 38.1 Å². The number of carbonyl (C=O) groups excluding carboxylic acids is 2. The molecular formula is C23H28ClFN2O2. The van der Waals surface area contributed by atoms with Gasteiger partial charge in [0.25, 0.3) is 0 Å². The monoisotopic (exact) mass is 418 g/mol. The minimum Gasteiger partial charge on any atom is -0.354 e. The first-order valence-electron chi connectivity index (χ1n) is 9.89. The Balaban J connectivity index is 2.26. The highest BCUT2D eigenvalue weighted by Gasteiger charge is 2.27. The lowest BCUT2D eigenvalue weighted by Gasteiger charge is -2.29. The SMILES string of the molecule is CCCCNC(=O)C(C)N(Cc1ccccc1C)C(=O)Cc1c(F)cccc1Cl. The molecule has 0 aliphatic heterocycles. The first-order chi connectivity index (χ1) is 13.8. The first kappa shape index (κ1) is 22.9. The fourth-order valence-corrected chi connectivity index (χ4v) is 3.27. The number of nitrogens with zero attached hydrogens (tertiary/aromatic N) is 1. The van der Waals surface area contributed by atoms with Crippen LogP contribution in [0.15, 0.2) is 42.5 Å². The number of amides is 2. The number of halogens is 2. The number of rotatable bonds is 9. The number of aryl methyl sites for hydroxylation is 1. The van der Waals surface area contributed by atoms with Crippen LogP contribution in [0.25, 0.3) is 0 Å². The standard InChI is InChI=1S/C23H28ClFN2O2/c1-4-5-13-26-23(29)17(3)27(15-18-10-7-6-9-16(18)2)22(28)14-19-20(24)11-8-12-21(19)25/h6-12,17H,4-5,13-15H2,1-3H3,(H,26,29). The molecule has 1 unspecified atom stereocenters. The van der Waals surface area contributed by atoms with Gasteiger partial charge in [-0.3, -0.25) is 9.59 Å². The number of hydrogen-bond acceptors (Lipinski definition) is 2. The fourth-order valence-electron chi connectivity index (χ4n) is 3.04. The number of hydrogen-bond donors (Lipinski definition) is 1. The summed E-state index contributed by atoms with van der Waals surface area (Å²) in [5.74, 6) is -1.10. The number of carbonyl (C=O) groups is 2. The summed E-state index contributed by atoms with van der Waals surface area (Å²) < 4.78 is 14.2. The van der Waals surface area contributed by atoms with Gasteiger partial charge < -0.3 is 10.2 Å². The van der Waals surface area contributed by atoms with Crippen molar-refractivity contribution < 1.29 is 14.0 Å². The zero-order valence-electron chi connectivity index (χ0n) is 17.2. The molecule has 0 radical (unpaired) electrons. The van der Waals surface area contributed by atoms with Crippen LogP contribution in [-0.2, 0) is 22.6 Å². The summed E-state index contributed by atoms with van der Waals surface area (Å²) in [7, 11) is 0. The van der Waals surface area contributed by atoms with Crippen LogP contribution in [0.3, 0.4) is 0 Å². The van der Waals surface area contributed by atoms with Crippen molar-refractivity contribution in [1.82, 2.24) is 10.2 Å². The highest BCUT2D eigenvalue weighted by atomic mass is 35.5. The van der Waals surface area contributed by atoms with Gasteiger partial charge in [-0.25, -0.2) is 4.39 Å². The summed E-state index contributed by atoms with van der Waals surface area (Å²) in [6.07, 6.45) is 1.63. The van der Waals surface area contributed by atoms with Crippen molar-refractivity contribution in [3.05, 3.63) is 70.0 Å². The predicted molar refractivity (Wildman–Crippen MR) is 114 cm³/mol. The summed E-state index contributed by atoms with van der Waals surface area (Å²) in [4.78, 5) is 27.2. The normalized spacial score (nSPS) is 11.8. The second-order valence-corrected chi connectivity index (χ2v) is 7.55. The van der Waals surface area contributed by atoms with E-state index in [9.17, 15) is 14.0 Å². The predicted octanol–water partition coefficient (Wildman–Crippen LogP) is 4.66. The average molecular weight is 419 g/mol. The lowest BCUT2D eigenvalue weighted by molar-refractivity contribution is -0.140. The van der Waals surface area contributed by atoms with E-state index in [0.29, 0.717) is 6.54 Å². The third-order valence-corrected chi connectivity index (χ3v) is 5.34. The summed E-state index contributed by atoms with van der Waals surface area (Å²) in [5.41, 5.74) is 2.11. The Kier molecular flexibility index (Phi) is 8.65. The molecule has 2 amide bonds. The molecule has 2 aromatic carbocycles. The number of unbranched alkanes of at least 4 members (excludes halogenated alkanes) is 1. The maximum atomic E-state index is 14.2. The minimum absolute atomic E-state index is 0.146. The van der Waals surface area contributed by atoms with Gasteiger partial charge in [-0.2, -0.15) is 0 Å². The molecule has 0 heterocycles. The topological polar surface area (TPSA) is 49.4 Å². The lowest BCUT2D eigenvalue weighted by Crippen LogP contribution is -2.48. The van der Waals surface area contributed by atoms with Gasteiger partial charge in [-0.05, 0) is 43.5 Å². The van der Waals surface area contributed by atoms with E-state index < -0.39 is 11.9 Å². The van der Waals surface area contributed by atoms with Gasteiger partial charge >= 0.3 is 0 Å². The van der Waals surface area contributed by atoms with Crippen molar-refractivity contribution in [2.75, 3.05) is 6.54 Å². The van der Waals surface area contributed by atoms with Crippen LogP contribution in [0.1, 0.15) is 43.4 Å². The molecule has 156 valence electrons. The van der Waals surface area contributed by atoms with Crippen LogP contribution in [0.5, 0.6) is 0 Å². The van der Waals surface area contributed by atoms with E-state index in [-0.39, 0.29) is 35.4 Å². The van der Waals surface area contributed by atoms with Gasteiger partial charge in [0.1, 0.15) is 11.9 Å². The Morgan fingerprint density at radius 1 is 1.17 bits per heavy atom. The van der Waals surface area contributed by atoms with E-state index in [1.54, 1.807) is 13.0 Å². The smallest absolute Gasteiger partial charge is 0.242 e. The van der Waals surface area contributed by atoms with Gasteiger partial charge in [0.2, 0.25) is 11.8 Å². The molecule has 2 rings (SSSR count). The molecule has 0 spiro atoms. The van der Waals surface area contributed by atoms with Crippen LogP contribution in [0.2, 0.25) is 5.02 Å². The summed E-state index contributed by atoms with van der Waals surface area (Å²) in [6.45, 7) is 6.52. The van der Waals surface area contributed by atoms with Gasteiger partial charge in [-0.15, -0.1) is 0 Å². The van der Waals surface area contributed by atoms with Crippen molar-refractivity contribution in [3.8, 4) is 0 Å². The van der Waals surface area contributed by atoms with Crippen LogP contribution in [-0.4, -0.2) is 29.3 Å². The molecule has 6 heteroatoms. The Morgan fingerprint density at radius 2 is 1.90 bits per heavy atom. The maximum Gasteiger partial charge on any atom is 0.242 e. The highest BCUT2D eigenvalue weighted by Crippen LogP contribution is 2.22. The zero-order chi connectivity index (χ0) is 21.4. The first-order valence-corrected chi connectivity index (χ1v) is 10.3. The van der Waals surface area contributed by atoms with E-state index in [0.717, 1.165) is 24.0 Å². The molecule has 0 fully saturated rings. The molecule has 0 aromatic heterocycles. The van der Waals surface area contributed by atoms with Crippen molar-refractivity contribution >= 4 is 23.4 Å². The molecule has 0 aliphatic carbocycles. The number of nitrogens with one attached hydrogen (secondary N) is 1. The largest absolute Gasteiger partial charge is 0.354 e. The zero-order valence-corrected chi connectivity index (χ0v) is 17.9. The van der Waals surface area contributed by atoms with E-state index >= 15 is 0 Å². The van der Waals surface area contributed by atoms with Crippen LogP contribution in [0.4, 0.5) is 4.39 Å². The van der Waals surface area contributed by atoms with Crippen LogP contribution < -0.4 is 5.32 Å². The Bertz CT molecular complexity index is 836. The third kappa shape index (κ3) is 6.29. The summed E-state index contributed by atoms with van der Waals surface area (Å²) >= 11 is 6.10. The van der Waals surface area contributed by atoms with Crippen molar-refractivity contribution in [2.45, 2.75) is 52.6 Å². The quantitative estimate of drug-likeness (QED) is 0.602. The van der Waals surface area contributed by atoms with E-state index in [4.69, 9.17) is 11.6 Å². The maximum absolute atomic E-state index is 14.2. The Hall–Kier alpha value is -2.40. The van der Waals surface area contributed by atoms with Crippen molar-refractivity contribution in [2.24, 2.45) is 0 Å². The van der Waals surface area contributed by atoms with Crippen molar-refractivity contribution in [1.29, 1.82) is 0 Å². The van der Waals surface area contributed by atoms with Gasteiger partial charge in [0.15, 0.2) is 0 Å². The molecule has 4 nitrogen and oxygen atoms in total. The van der Waals surface area contributed by atoms with Gasteiger partial charge in [-0.1, -0.05) is 55.3 Å². The fraction of sp³-hybridized carbons (Fsp3) is 0.391. The molecule has 0 aliphatic rings. The number of benzene rings is 2.